The van der Waals surface area contributed by atoms with Gasteiger partial charge in [0, 0.05) is 6.07 Å². The molecule has 1 aromatic heterocycles. The van der Waals surface area contributed by atoms with Crippen molar-refractivity contribution in [3.8, 4) is 11.5 Å². The van der Waals surface area contributed by atoms with E-state index >= 15 is 0 Å². The Bertz CT molecular complexity index is 1210. The lowest BCUT2D eigenvalue weighted by Gasteiger charge is -2.12. The zero-order valence-corrected chi connectivity index (χ0v) is 15.1. The first-order chi connectivity index (χ1) is 13.6. The van der Waals surface area contributed by atoms with E-state index in [1.165, 1.54) is 6.07 Å². The molecule has 4 rings (SSSR count). The van der Waals surface area contributed by atoms with Crippen LogP contribution in [0.5, 0.6) is 11.5 Å². The SMILES string of the molecule is Cc1ccc(Oc2ccccc2NC(=O)c2cc(=O)c3ccccc3o2)cc1. The van der Waals surface area contributed by atoms with Gasteiger partial charge in [0.25, 0.3) is 5.91 Å². The molecular weight excluding hydrogens is 354 g/mol. The summed E-state index contributed by atoms with van der Waals surface area (Å²) in [6.45, 7) is 2.00. The molecule has 0 aliphatic heterocycles. The maximum absolute atomic E-state index is 12.7. The average Bonchev–Trinajstić information content (AvgIpc) is 2.71. The summed E-state index contributed by atoms with van der Waals surface area (Å²) in [5.74, 6) is 0.559. The zero-order valence-electron chi connectivity index (χ0n) is 15.1. The van der Waals surface area contributed by atoms with Crippen molar-refractivity contribution in [2.24, 2.45) is 0 Å². The van der Waals surface area contributed by atoms with E-state index in [0.717, 1.165) is 5.56 Å². The molecule has 0 aliphatic rings. The normalized spacial score (nSPS) is 10.6. The standard InChI is InChI=1S/C23H17NO4/c1-15-10-12-16(13-11-15)27-21-9-5-3-7-18(21)24-23(26)22-14-19(25)17-6-2-4-8-20(17)28-22/h2-14H,1H3,(H,24,26). The number of nitrogens with one attached hydrogen (secondary N) is 1. The van der Waals surface area contributed by atoms with E-state index in [1.807, 2.05) is 37.3 Å². The van der Waals surface area contributed by atoms with Gasteiger partial charge in [0.05, 0.1) is 11.1 Å². The summed E-state index contributed by atoms with van der Waals surface area (Å²) in [5.41, 5.74) is 1.70. The minimum Gasteiger partial charge on any atom is -0.455 e. The highest BCUT2D eigenvalue weighted by Gasteiger charge is 2.15. The minimum atomic E-state index is -0.525. The van der Waals surface area contributed by atoms with Crippen LogP contribution < -0.4 is 15.5 Å². The maximum Gasteiger partial charge on any atom is 0.291 e. The summed E-state index contributed by atoms with van der Waals surface area (Å²) in [6.07, 6.45) is 0. The van der Waals surface area contributed by atoms with Crippen LogP contribution in [-0.4, -0.2) is 5.91 Å². The molecule has 0 saturated carbocycles. The van der Waals surface area contributed by atoms with Crippen molar-refractivity contribution >= 4 is 22.6 Å². The Morgan fingerprint density at radius 1 is 0.929 bits per heavy atom. The first-order valence-electron chi connectivity index (χ1n) is 8.78. The fraction of sp³-hybridized carbons (Fsp3) is 0.0435. The van der Waals surface area contributed by atoms with E-state index in [2.05, 4.69) is 5.32 Å². The van der Waals surface area contributed by atoms with Crippen molar-refractivity contribution < 1.29 is 13.9 Å². The molecule has 1 heterocycles. The highest BCUT2D eigenvalue weighted by atomic mass is 16.5. The van der Waals surface area contributed by atoms with Crippen molar-refractivity contribution in [1.82, 2.24) is 0 Å². The molecule has 3 aromatic carbocycles. The Morgan fingerprint density at radius 2 is 1.64 bits per heavy atom. The van der Waals surface area contributed by atoms with Gasteiger partial charge in [-0.1, -0.05) is 42.0 Å². The summed E-state index contributed by atoms with van der Waals surface area (Å²) in [6, 6.07) is 22.7. The van der Waals surface area contributed by atoms with Gasteiger partial charge < -0.3 is 14.5 Å². The van der Waals surface area contributed by atoms with Crippen LogP contribution in [0, 0.1) is 6.92 Å². The van der Waals surface area contributed by atoms with Crippen LogP contribution in [0.15, 0.2) is 88.1 Å². The van der Waals surface area contributed by atoms with Crippen LogP contribution in [0.2, 0.25) is 0 Å². The van der Waals surface area contributed by atoms with Crippen molar-refractivity contribution in [2.45, 2.75) is 6.92 Å². The molecule has 4 aromatic rings. The van der Waals surface area contributed by atoms with Crippen LogP contribution in [0.4, 0.5) is 5.69 Å². The molecule has 0 radical (unpaired) electrons. The van der Waals surface area contributed by atoms with Crippen molar-refractivity contribution in [3.63, 3.8) is 0 Å². The van der Waals surface area contributed by atoms with Crippen molar-refractivity contribution in [2.75, 3.05) is 5.32 Å². The van der Waals surface area contributed by atoms with E-state index in [0.29, 0.717) is 28.2 Å². The number of amides is 1. The van der Waals surface area contributed by atoms with Gasteiger partial charge in [0.15, 0.2) is 16.9 Å². The lowest BCUT2D eigenvalue weighted by Crippen LogP contribution is -2.15. The third kappa shape index (κ3) is 3.64. The summed E-state index contributed by atoms with van der Waals surface area (Å²) >= 11 is 0. The number of hydrogen-bond donors (Lipinski definition) is 1. The van der Waals surface area contributed by atoms with Crippen LogP contribution >= 0.6 is 0 Å². The molecule has 0 aliphatic carbocycles. The molecule has 28 heavy (non-hydrogen) atoms. The first kappa shape index (κ1) is 17.5. The largest absolute Gasteiger partial charge is 0.455 e. The number of carbonyl (C=O) groups is 1. The molecule has 0 atom stereocenters. The van der Waals surface area contributed by atoms with Gasteiger partial charge in [-0.15, -0.1) is 0 Å². The van der Waals surface area contributed by atoms with Crippen molar-refractivity contribution in [3.05, 3.63) is 100 Å². The van der Waals surface area contributed by atoms with E-state index in [9.17, 15) is 9.59 Å². The van der Waals surface area contributed by atoms with Crippen LogP contribution in [0.3, 0.4) is 0 Å². The average molecular weight is 371 g/mol. The molecule has 0 bridgehead atoms. The lowest BCUT2D eigenvalue weighted by molar-refractivity contribution is 0.0997. The maximum atomic E-state index is 12.7. The fourth-order valence-electron chi connectivity index (χ4n) is 2.79. The van der Waals surface area contributed by atoms with Crippen molar-refractivity contribution in [1.29, 1.82) is 0 Å². The summed E-state index contributed by atoms with van der Waals surface area (Å²) < 4.78 is 11.5. The Morgan fingerprint density at radius 3 is 2.46 bits per heavy atom. The molecule has 0 unspecified atom stereocenters. The predicted octanol–water partition coefficient (Wildman–Crippen LogP) is 5.15. The van der Waals surface area contributed by atoms with Crippen LogP contribution in [0.1, 0.15) is 16.1 Å². The highest BCUT2D eigenvalue weighted by Crippen LogP contribution is 2.29. The Labute approximate surface area is 161 Å². The second-order valence-corrected chi connectivity index (χ2v) is 6.34. The molecule has 1 N–H and O–H groups in total. The smallest absolute Gasteiger partial charge is 0.291 e. The zero-order chi connectivity index (χ0) is 19.5. The van der Waals surface area contributed by atoms with Crippen LogP contribution in [-0.2, 0) is 0 Å². The third-order valence-electron chi connectivity index (χ3n) is 4.24. The minimum absolute atomic E-state index is 0.0613. The number of benzene rings is 3. The first-order valence-corrected chi connectivity index (χ1v) is 8.78. The third-order valence-corrected chi connectivity index (χ3v) is 4.24. The van der Waals surface area contributed by atoms with E-state index < -0.39 is 5.91 Å². The van der Waals surface area contributed by atoms with Gasteiger partial charge >= 0.3 is 0 Å². The predicted molar refractivity (Wildman–Crippen MR) is 108 cm³/mol. The Balaban J connectivity index is 1.62. The highest BCUT2D eigenvalue weighted by molar-refractivity contribution is 6.03. The molecule has 138 valence electrons. The quantitative estimate of drug-likeness (QED) is 0.539. The van der Waals surface area contributed by atoms with Gasteiger partial charge in [-0.2, -0.15) is 0 Å². The van der Waals surface area contributed by atoms with Gasteiger partial charge in [0.1, 0.15) is 11.3 Å². The summed E-state index contributed by atoms with van der Waals surface area (Å²) in [5, 5.41) is 3.19. The van der Waals surface area contributed by atoms with Gasteiger partial charge in [-0.05, 0) is 43.3 Å². The van der Waals surface area contributed by atoms with Gasteiger partial charge in [-0.3, -0.25) is 9.59 Å². The number of hydrogen-bond acceptors (Lipinski definition) is 4. The van der Waals surface area contributed by atoms with Gasteiger partial charge in [0.2, 0.25) is 0 Å². The number of rotatable bonds is 4. The number of aryl methyl sites for hydroxylation is 1. The monoisotopic (exact) mass is 371 g/mol. The van der Waals surface area contributed by atoms with Crippen LogP contribution in [0.25, 0.3) is 11.0 Å². The molecule has 1 amide bonds. The van der Waals surface area contributed by atoms with E-state index in [-0.39, 0.29) is 11.2 Å². The number of para-hydroxylation sites is 3. The fourth-order valence-corrected chi connectivity index (χ4v) is 2.79. The number of anilines is 1. The molecule has 0 saturated heterocycles. The Kier molecular flexibility index (Phi) is 4.64. The van der Waals surface area contributed by atoms with E-state index in [4.69, 9.17) is 9.15 Å². The Hall–Kier alpha value is -3.86. The summed E-state index contributed by atoms with van der Waals surface area (Å²) in [4.78, 5) is 24.9. The molecule has 0 fully saturated rings. The lowest BCUT2D eigenvalue weighted by atomic mass is 10.2. The summed E-state index contributed by atoms with van der Waals surface area (Å²) in [7, 11) is 0. The molecular formula is C23H17NO4. The number of fused-ring (bicyclic) bond motifs is 1. The van der Waals surface area contributed by atoms with E-state index in [1.54, 1.807) is 42.5 Å². The molecule has 5 heteroatoms. The van der Waals surface area contributed by atoms with Gasteiger partial charge in [-0.25, -0.2) is 0 Å². The number of ether oxygens (including phenoxy) is 1. The second kappa shape index (κ2) is 7.40. The molecule has 5 nitrogen and oxygen atoms in total. The second-order valence-electron chi connectivity index (χ2n) is 6.34. The molecule has 0 spiro atoms. The topological polar surface area (TPSA) is 68.5 Å². The number of carbonyl (C=O) groups excluding carboxylic acids is 1.